The largest absolute Gasteiger partial charge is 0.316 e. The third kappa shape index (κ3) is 2.98. The molecule has 2 nitrogen and oxygen atoms in total. The van der Waals surface area contributed by atoms with E-state index in [1.165, 1.54) is 47.5 Å². The van der Waals surface area contributed by atoms with E-state index in [0.717, 1.165) is 18.4 Å². The predicted molar refractivity (Wildman–Crippen MR) is 82.7 cm³/mol. The predicted octanol–water partition coefficient (Wildman–Crippen LogP) is 3.86. The Kier molecular flexibility index (Phi) is 4.14. The number of fused-ring (bicyclic) bond motifs is 1. The van der Waals surface area contributed by atoms with Crippen LogP contribution in [0, 0.1) is 11.8 Å². The Balaban J connectivity index is 1.58. The van der Waals surface area contributed by atoms with E-state index >= 15 is 0 Å². The lowest BCUT2D eigenvalue weighted by atomic mass is 9.72. The fourth-order valence-corrected chi connectivity index (χ4v) is 3.93. The van der Waals surface area contributed by atoms with Gasteiger partial charge in [-0.25, -0.2) is 4.98 Å². The second-order valence-electron chi connectivity index (χ2n) is 5.58. The van der Waals surface area contributed by atoms with Gasteiger partial charge in [-0.3, -0.25) is 0 Å². The van der Waals surface area contributed by atoms with Crippen molar-refractivity contribution in [2.45, 2.75) is 32.6 Å². The van der Waals surface area contributed by atoms with Crippen LogP contribution in [-0.2, 0) is 6.42 Å². The lowest BCUT2D eigenvalue weighted by Gasteiger charge is -2.36. The molecule has 0 saturated heterocycles. The van der Waals surface area contributed by atoms with E-state index in [9.17, 15) is 0 Å². The van der Waals surface area contributed by atoms with Gasteiger partial charge in [0, 0.05) is 6.42 Å². The van der Waals surface area contributed by atoms with Crippen molar-refractivity contribution in [1.29, 1.82) is 0 Å². The molecule has 1 saturated carbocycles. The first kappa shape index (κ1) is 13.1. The second kappa shape index (κ2) is 6.02. The number of aromatic nitrogens is 1. The zero-order chi connectivity index (χ0) is 13.1. The number of hydrogen-bond acceptors (Lipinski definition) is 3. The Bertz CT molecular complexity index is 501. The van der Waals surface area contributed by atoms with Crippen LogP contribution >= 0.6 is 11.3 Å². The second-order valence-corrected chi connectivity index (χ2v) is 6.70. The normalized spacial score (nSPS) is 22.6. The van der Waals surface area contributed by atoms with Gasteiger partial charge >= 0.3 is 0 Å². The minimum absolute atomic E-state index is 0.852. The fourth-order valence-electron chi connectivity index (χ4n) is 2.87. The first-order valence-corrected chi connectivity index (χ1v) is 8.23. The molecule has 1 aromatic heterocycles. The zero-order valence-electron chi connectivity index (χ0n) is 11.6. The third-order valence-corrected chi connectivity index (χ3v) is 5.24. The van der Waals surface area contributed by atoms with Gasteiger partial charge in [0.05, 0.1) is 15.2 Å². The van der Waals surface area contributed by atoms with E-state index in [-0.39, 0.29) is 0 Å². The van der Waals surface area contributed by atoms with Crippen molar-refractivity contribution in [3.8, 4) is 0 Å². The molecule has 1 fully saturated rings. The topological polar surface area (TPSA) is 24.9 Å². The van der Waals surface area contributed by atoms with Crippen LogP contribution in [0.2, 0.25) is 0 Å². The molecule has 0 aliphatic heterocycles. The zero-order valence-corrected chi connectivity index (χ0v) is 12.4. The molecule has 1 aliphatic carbocycles. The summed E-state index contributed by atoms with van der Waals surface area (Å²) in [4.78, 5) is 4.76. The summed E-state index contributed by atoms with van der Waals surface area (Å²) in [5.41, 5.74) is 1.17. The van der Waals surface area contributed by atoms with E-state index < -0.39 is 0 Å². The van der Waals surface area contributed by atoms with Crippen LogP contribution in [0.25, 0.3) is 10.2 Å². The molecule has 102 valence electrons. The maximum atomic E-state index is 4.76. The van der Waals surface area contributed by atoms with Gasteiger partial charge in [-0.2, -0.15) is 0 Å². The number of nitrogens with zero attached hydrogens (tertiary/aromatic N) is 1. The maximum Gasteiger partial charge on any atom is 0.0941 e. The first-order chi connectivity index (χ1) is 9.36. The summed E-state index contributed by atoms with van der Waals surface area (Å²) in [5, 5.41) is 4.89. The van der Waals surface area contributed by atoms with Gasteiger partial charge in [-0.15, -0.1) is 11.3 Å². The van der Waals surface area contributed by atoms with Gasteiger partial charge in [-0.05, 0) is 56.3 Å². The molecule has 2 aromatic rings. The van der Waals surface area contributed by atoms with Crippen LogP contribution in [-0.4, -0.2) is 18.1 Å². The smallest absolute Gasteiger partial charge is 0.0941 e. The lowest BCUT2D eigenvalue weighted by molar-refractivity contribution is 0.171. The van der Waals surface area contributed by atoms with Crippen molar-refractivity contribution in [3.05, 3.63) is 29.3 Å². The fraction of sp³-hybridized carbons (Fsp3) is 0.562. The van der Waals surface area contributed by atoms with E-state index in [2.05, 4.69) is 36.5 Å². The molecule has 3 rings (SSSR count). The Morgan fingerprint density at radius 3 is 2.84 bits per heavy atom. The Morgan fingerprint density at radius 2 is 2.11 bits per heavy atom. The monoisotopic (exact) mass is 274 g/mol. The molecule has 1 aliphatic rings. The maximum absolute atomic E-state index is 4.76. The number of para-hydroxylation sites is 1. The molecular weight excluding hydrogens is 252 g/mol. The molecule has 2 unspecified atom stereocenters. The first-order valence-electron chi connectivity index (χ1n) is 7.42. The highest BCUT2D eigenvalue weighted by Gasteiger charge is 2.31. The van der Waals surface area contributed by atoms with Crippen LogP contribution in [0.1, 0.15) is 31.2 Å². The van der Waals surface area contributed by atoms with Gasteiger partial charge in [0.2, 0.25) is 0 Å². The minimum Gasteiger partial charge on any atom is -0.316 e. The van der Waals surface area contributed by atoms with Crippen LogP contribution in [0.4, 0.5) is 0 Å². The molecule has 0 amide bonds. The van der Waals surface area contributed by atoms with Gasteiger partial charge in [0.15, 0.2) is 0 Å². The number of hydrogen-bond donors (Lipinski definition) is 1. The van der Waals surface area contributed by atoms with Gasteiger partial charge < -0.3 is 5.32 Å². The average Bonchev–Trinajstić information content (AvgIpc) is 2.82. The molecule has 2 atom stereocenters. The molecule has 1 heterocycles. The quantitative estimate of drug-likeness (QED) is 0.809. The number of thiazole rings is 1. The third-order valence-electron chi connectivity index (χ3n) is 4.18. The summed E-state index contributed by atoms with van der Waals surface area (Å²) in [6.07, 6.45) is 5.19. The summed E-state index contributed by atoms with van der Waals surface area (Å²) in [6, 6.07) is 8.48. The highest BCUT2D eigenvalue weighted by Crippen LogP contribution is 2.37. The molecular formula is C16H22N2S. The number of benzene rings is 1. The van der Waals surface area contributed by atoms with Crippen LogP contribution in [0.5, 0.6) is 0 Å². The highest BCUT2D eigenvalue weighted by atomic mass is 32.1. The van der Waals surface area contributed by atoms with Crippen molar-refractivity contribution in [2.75, 3.05) is 13.1 Å². The molecule has 0 spiro atoms. The molecule has 3 heteroatoms. The van der Waals surface area contributed by atoms with Crippen molar-refractivity contribution >= 4 is 21.6 Å². The molecule has 1 N–H and O–H groups in total. The Labute approximate surface area is 119 Å². The van der Waals surface area contributed by atoms with E-state index in [4.69, 9.17) is 4.98 Å². The van der Waals surface area contributed by atoms with E-state index in [0.29, 0.717) is 0 Å². The SMILES string of the molecule is CCCNCC1CCC1Cc1nc2ccccc2s1. The lowest BCUT2D eigenvalue weighted by Crippen LogP contribution is -2.36. The summed E-state index contributed by atoms with van der Waals surface area (Å²) in [6.45, 7) is 4.58. The average molecular weight is 274 g/mol. The van der Waals surface area contributed by atoms with Gasteiger partial charge in [0.25, 0.3) is 0 Å². The van der Waals surface area contributed by atoms with Crippen LogP contribution < -0.4 is 5.32 Å². The van der Waals surface area contributed by atoms with Crippen LogP contribution in [0.15, 0.2) is 24.3 Å². The van der Waals surface area contributed by atoms with Crippen molar-refractivity contribution < 1.29 is 0 Å². The Morgan fingerprint density at radius 1 is 1.26 bits per heavy atom. The summed E-state index contributed by atoms with van der Waals surface area (Å²) in [5.74, 6) is 1.73. The summed E-state index contributed by atoms with van der Waals surface area (Å²) < 4.78 is 1.33. The van der Waals surface area contributed by atoms with E-state index in [1.807, 2.05) is 11.3 Å². The van der Waals surface area contributed by atoms with Gasteiger partial charge in [0.1, 0.15) is 0 Å². The van der Waals surface area contributed by atoms with Crippen molar-refractivity contribution in [3.63, 3.8) is 0 Å². The molecule has 1 aromatic carbocycles. The van der Waals surface area contributed by atoms with Crippen LogP contribution in [0.3, 0.4) is 0 Å². The standard InChI is InChI=1S/C16H22N2S/c1-2-9-17-11-13-8-7-12(13)10-16-18-14-5-3-4-6-15(14)19-16/h3-6,12-13,17H,2,7-11H2,1H3. The van der Waals surface area contributed by atoms with E-state index in [1.54, 1.807) is 0 Å². The van der Waals surface area contributed by atoms with Gasteiger partial charge in [-0.1, -0.05) is 19.1 Å². The molecule has 0 radical (unpaired) electrons. The number of rotatable bonds is 6. The summed E-state index contributed by atoms with van der Waals surface area (Å²) in [7, 11) is 0. The van der Waals surface area contributed by atoms with Crippen molar-refractivity contribution in [2.24, 2.45) is 11.8 Å². The molecule has 19 heavy (non-hydrogen) atoms. The summed E-state index contributed by atoms with van der Waals surface area (Å²) >= 11 is 1.87. The minimum atomic E-state index is 0.852. The Hall–Kier alpha value is -0.930. The van der Waals surface area contributed by atoms with Crippen molar-refractivity contribution in [1.82, 2.24) is 10.3 Å². The molecule has 0 bridgehead atoms. The number of nitrogens with one attached hydrogen (secondary N) is 1. The highest BCUT2D eigenvalue weighted by molar-refractivity contribution is 7.18.